The van der Waals surface area contributed by atoms with Crippen LogP contribution in [0.25, 0.3) is 0 Å². The highest BCUT2D eigenvalue weighted by atomic mass is 32.2. The van der Waals surface area contributed by atoms with Crippen LogP contribution in [0.4, 0.5) is 0 Å². The summed E-state index contributed by atoms with van der Waals surface area (Å²) in [7, 11) is -3.77. The molecule has 0 saturated carbocycles. The van der Waals surface area contributed by atoms with Crippen molar-refractivity contribution in [2.24, 2.45) is 5.41 Å². The summed E-state index contributed by atoms with van der Waals surface area (Å²) in [6.07, 6.45) is 1.34. The van der Waals surface area contributed by atoms with Crippen LogP contribution in [0.1, 0.15) is 55.1 Å². The molecule has 0 spiro atoms. The van der Waals surface area contributed by atoms with Crippen molar-refractivity contribution in [3.05, 3.63) is 65.2 Å². The second-order valence-electron chi connectivity index (χ2n) is 9.58. The molecular weight excluding hydrogens is 438 g/mol. The van der Waals surface area contributed by atoms with Gasteiger partial charge in [0, 0.05) is 36.7 Å². The highest BCUT2D eigenvalue weighted by molar-refractivity contribution is 7.89. The van der Waals surface area contributed by atoms with Gasteiger partial charge in [-0.3, -0.25) is 9.59 Å². The van der Waals surface area contributed by atoms with Gasteiger partial charge in [0.25, 0.3) is 5.91 Å². The first-order valence-corrected chi connectivity index (χ1v) is 12.7. The minimum atomic E-state index is -3.77. The Kier molecular flexibility index (Phi) is 7.59. The van der Waals surface area contributed by atoms with Gasteiger partial charge >= 0.3 is 0 Å². The van der Waals surface area contributed by atoms with E-state index >= 15 is 0 Å². The summed E-state index contributed by atoms with van der Waals surface area (Å²) in [4.78, 5) is 27.3. The molecule has 2 aromatic carbocycles. The van der Waals surface area contributed by atoms with Gasteiger partial charge in [-0.2, -0.15) is 0 Å². The molecule has 0 bridgehead atoms. The van der Waals surface area contributed by atoms with E-state index in [1.807, 2.05) is 56.0 Å². The lowest BCUT2D eigenvalue weighted by molar-refractivity contribution is -0.140. The predicted molar refractivity (Wildman–Crippen MR) is 128 cm³/mol. The van der Waals surface area contributed by atoms with Gasteiger partial charge in [-0.1, -0.05) is 57.2 Å². The molecule has 2 aromatic rings. The molecule has 7 nitrogen and oxygen atoms in total. The Morgan fingerprint density at radius 1 is 1.03 bits per heavy atom. The Hall–Kier alpha value is -2.71. The molecule has 0 radical (unpaired) electrons. The number of hydrogen-bond acceptors (Lipinski definition) is 4. The van der Waals surface area contributed by atoms with Crippen LogP contribution >= 0.6 is 0 Å². The third-order valence-corrected chi connectivity index (χ3v) is 7.23. The van der Waals surface area contributed by atoms with Crippen molar-refractivity contribution in [3.8, 4) is 0 Å². The molecular formula is C25H33N3O4S. The van der Waals surface area contributed by atoms with E-state index in [1.165, 1.54) is 12.1 Å². The smallest absolute Gasteiger partial charge is 0.251 e. The number of nitrogens with one attached hydrogen (secondary N) is 2. The number of hydrogen-bond donors (Lipinski definition) is 2. The van der Waals surface area contributed by atoms with Crippen LogP contribution in [0.15, 0.2) is 53.4 Å². The molecule has 1 aliphatic rings. The fourth-order valence-electron chi connectivity index (χ4n) is 3.83. The third-order valence-electron chi connectivity index (χ3n) is 5.83. The highest BCUT2D eigenvalue weighted by Crippen LogP contribution is 2.22. The Morgan fingerprint density at radius 2 is 1.67 bits per heavy atom. The zero-order valence-electron chi connectivity index (χ0n) is 19.7. The largest absolute Gasteiger partial charge is 0.349 e. The number of sulfonamides is 1. The van der Waals surface area contributed by atoms with Crippen molar-refractivity contribution >= 4 is 21.8 Å². The average molecular weight is 472 g/mol. The lowest BCUT2D eigenvalue weighted by Gasteiger charge is -2.36. The number of carbonyl (C=O) groups excluding carboxylic acids is 2. The molecule has 0 aliphatic carbocycles. The Balaban J connectivity index is 1.64. The van der Waals surface area contributed by atoms with Crippen LogP contribution < -0.4 is 10.0 Å². The topological polar surface area (TPSA) is 95.6 Å². The molecule has 1 fully saturated rings. The molecule has 1 aliphatic heterocycles. The Morgan fingerprint density at radius 3 is 2.27 bits per heavy atom. The average Bonchev–Trinajstić information content (AvgIpc) is 2.78. The lowest BCUT2D eigenvalue weighted by atomic mass is 9.93. The summed E-state index contributed by atoms with van der Waals surface area (Å²) < 4.78 is 28.2. The maximum Gasteiger partial charge on any atom is 0.251 e. The van der Waals surface area contributed by atoms with Crippen molar-refractivity contribution in [1.29, 1.82) is 0 Å². The number of likely N-dealkylation sites (tertiary alicyclic amines) is 1. The molecule has 178 valence electrons. The van der Waals surface area contributed by atoms with Crippen molar-refractivity contribution < 1.29 is 18.0 Å². The monoisotopic (exact) mass is 471 g/mol. The van der Waals surface area contributed by atoms with E-state index in [0.717, 1.165) is 5.56 Å². The van der Waals surface area contributed by atoms with Gasteiger partial charge in [-0.05, 0) is 43.0 Å². The molecule has 2 amide bonds. The van der Waals surface area contributed by atoms with Gasteiger partial charge in [0.15, 0.2) is 0 Å². The molecule has 8 heteroatoms. The SMILES string of the molecule is Cc1ccc(S(=O)(=O)NCc2ccccc2)cc1C(=O)NC1CCN(C(=O)C(C)(C)C)CC1. The zero-order valence-corrected chi connectivity index (χ0v) is 20.5. The normalized spacial score (nSPS) is 15.3. The molecule has 0 unspecified atom stereocenters. The maximum absolute atomic E-state index is 13.0. The fraction of sp³-hybridized carbons (Fsp3) is 0.440. The molecule has 2 N–H and O–H groups in total. The van der Waals surface area contributed by atoms with E-state index in [-0.39, 0.29) is 29.3 Å². The van der Waals surface area contributed by atoms with E-state index in [2.05, 4.69) is 10.0 Å². The van der Waals surface area contributed by atoms with E-state index in [4.69, 9.17) is 0 Å². The van der Waals surface area contributed by atoms with E-state index in [9.17, 15) is 18.0 Å². The van der Waals surface area contributed by atoms with Crippen LogP contribution in [0, 0.1) is 12.3 Å². The fourth-order valence-corrected chi connectivity index (χ4v) is 4.88. The number of aryl methyl sites for hydroxylation is 1. The summed E-state index contributed by atoms with van der Waals surface area (Å²) >= 11 is 0. The summed E-state index contributed by atoms with van der Waals surface area (Å²) in [5.74, 6) is -0.183. The van der Waals surface area contributed by atoms with Gasteiger partial charge in [0.1, 0.15) is 0 Å². The van der Waals surface area contributed by atoms with Crippen LogP contribution in [-0.2, 0) is 21.4 Å². The third kappa shape index (κ3) is 6.42. The van der Waals surface area contributed by atoms with Crippen LogP contribution in [0.2, 0.25) is 0 Å². The predicted octanol–water partition coefficient (Wildman–Crippen LogP) is 3.24. The minimum absolute atomic E-state index is 0.0553. The van der Waals surface area contributed by atoms with Gasteiger partial charge in [-0.25, -0.2) is 13.1 Å². The first-order valence-electron chi connectivity index (χ1n) is 11.2. The summed E-state index contributed by atoms with van der Waals surface area (Å²) in [5, 5.41) is 3.02. The van der Waals surface area contributed by atoms with Gasteiger partial charge in [-0.15, -0.1) is 0 Å². The second-order valence-corrected chi connectivity index (χ2v) is 11.3. The number of amides is 2. The zero-order chi connectivity index (χ0) is 24.2. The van der Waals surface area contributed by atoms with E-state index in [0.29, 0.717) is 37.1 Å². The van der Waals surface area contributed by atoms with E-state index < -0.39 is 15.4 Å². The molecule has 0 atom stereocenters. The standard InChI is InChI=1S/C25H33N3O4S/c1-18-10-11-21(33(31,32)26-17-19-8-6-5-7-9-19)16-22(18)23(29)27-20-12-14-28(15-13-20)24(30)25(2,3)4/h5-11,16,20,26H,12-15,17H2,1-4H3,(H,27,29). The number of rotatable bonds is 6. The lowest BCUT2D eigenvalue weighted by Crippen LogP contribution is -2.49. The maximum atomic E-state index is 13.0. The number of carbonyl (C=O) groups is 2. The highest BCUT2D eigenvalue weighted by Gasteiger charge is 2.31. The molecule has 3 rings (SSSR count). The summed E-state index contributed by atoms with van der Waals surface area (Å²) in [6, 6.07) is 13.8. The van der Waals surface area contributed by atoms with Crippen molar-refractivity contribution in [2.75, 3.05) is 13.1 Å². The first-order chi connectivity index (χ1) is 15.5. The first kappa shape index (κ1) is 24.9. The summed E-state index contributed by atoms with van der Waals surface area (Å²) in [5.41, 5.74) is 1.47. The van der Waals surface area contributed by atoms with E-state index in [1.54, 1.807) is 13.0 Å². The van der Waals surface area contributed by atoms with Crippen molar-refractivity contribution in [3.63, 3.8) is 0 Å². The molecule has 33 heavy (non-hydrogen) atoms. The van der Waals surface area contributed by atoms with Gasteiger partial charge in [0.05, 0.1) is 4.90 Å². The minimum Gasteiger partial charge on any atom is -0.349 e. The summed E-state index contributed by atoms with van der Waals surface area (Å²) in [6.45, 7) is 8.86. The van der Waals surface area contributed by atoms with Crippen LogP contribution in [-0.4, -0.2) is 44.3 Å². The Labute approximate surface area is 196 Å². The number of nitrogens with zero attached hydrogens (tertiary/aromatic N) is 1. The van der Waals surface area contributed by atoms with Crippen LogP contribution in [0.3, 0.4) is 0 Å². The Bertz CT molecular complexity index is 1100. The number of benzene rings is 2. The van der Waals surface area contributed by atoms with Gasteiger partial charge < -0.3 is 10.2 Å². The second kappa shape index (κ2) is 10.1. The molecule has 0 aromatic heterocycles. The van der Waals surface area contributed by atoms with Crippen molar-refractivity contribution in [1.82, 2.24) is 14.9 Å². The quantitative estimate of drug-likeness (QED) is 0.676. The number of piperidine rings is 1. The van der Waals surface area contributed by atoms with Crippen molar-refractivity contribution in [2.45, 2.75) is 58.0 Å². The molecule has 1 heterocycles. The van der Waals surface area contributed by atoms with Crippen LogP contribution in [0.5, 0.6) is 0 Å². The molecule has 1 saturated heterocycles. The van der Waals surface area contributed by atoms with Gasteiger partial charge in [0.2, 0.25) is 15.9 Å².